The van der Waals surface area contributed by atoms with Crippen molar-refractivity contribution in [3.05, 3.63) is 72.8 Å². The Morgan fingerprint density at radius 1 is 0.973 bits per heavy atom. The van der Waals surface area contributed by atoms with Crippen LogP contribution in [0, 0.1) is 5.92 Å². The fourth-order valence-electron chi connectivity index (χ4n) is 4.82. The molecule has 0 spiro atoms. The van der Waals surface area contributed by atoms with E-state index in [1.165, 1.54) is 0 Å². The van der Waals surface area contributed by atoms with Gasteiger partial charge >= 0.3 is 0 Å². The van der Waals surface area contributed by atoms with Gasteiger partial charge in [0.1, 0.15) is 12.1 Å². The third-order valence-corrected chi connectivity index (χ3v) is 6.92. The Morgan fingerprint density at radius 2 is 1.78 bits per heavy atom. The summed E-state index contributed by atoms with van der Waals surface area (Å²) in [5.41, 5.74) is 2.99. The largest absolute Gasteiger partial charge is 0.381 e. The van der Waals surface area contributed by atoms with Crippen LogP contribution in [0.3, 0.4) is 0 Å². The number of anilines is 2. The minimum atomic E-state index is -0.115. The molecule has 2 aliphatic heterocycles. The zero-order valence-corrected chi connectivity index (χ0v) is 20.3. The normalized spacial score (nSPS) is 17.8. The first-order valence-corrected chi connectivity index (χ1v) is 12.4. The minimum Gasteiger partial charge on any atom is -0.381 e. The van der Waals surface area contributed by atoms with Crippen molar-refractivity contribution in [2.45, 2.75) is 6.42 Å². The third-order valence-electron chi connectivity index (χ3n) is 6.92. The summed E-state index contributed by atoms with van der Waals surface area (Å²) < 4.78 is 6.97. The summed E-state index contributed by atoms with van der Waals surface area (Å²) in [4.78, 5) is 38.4. The highest BCUT2D eigenvalue weighted by molar-refractivity contribution is 5.95. The number of hydrogen-bond donors (Lipinski definition) is 1. The maximum absolute atomic E-state index is 13.2. The molecule has 2 saturated heterocycles. The Balaban J connectivity index is 1.08. The number of para-hydroxylation sites is 1. The number of benzene rings is 2. The van der Waals surface area contributed by atoms with Crippen LogP contribution in [0.15, 0.2) is 67.3 Å². The van der Waals surface area contributed by atoms with Gasteiger partial charge in [-0.3, -0.25) is 9.59 Å². The summed E-state index contributed by atoms with van der Waals surface area (Å²) in [5, 5.41) is 8.27. The number of nitrogens with zero attached hydrogens (tertiary/aromatic N) is 6. The van der Waals surface area contributed by atoms with Crippen molar-refractivity contribution in [1.29, 1.82) is 0 Å². The monoisotopic (exact) mass is 497 g/mol. The Labute approximate surface area is 213 Å². The molecule has 0 bridgehead atoms. The van der Waals surface area contributed by atoms with E-state index in [-0.39, 0.29) is 17.7 Å². The van der Waals surface area contributed by atoms with Gasteiger partial charge in [0.25, 0.3) is 5.91 Å². The second-order valence-corrected chi connectivity index (χ2v) is 9.26. The zero-order chi connectivity index (χ0) is 25.2. The van der Waals surface area contributed by atoms with Crippen LogP contribution in [-0.2, 0) is 9.53 Å². The van der Waals surface area contributed by atoms with E-state index in [1.807, 2.05) is 53.4 Å². The molecule has 10 heteroatoms. The summed E-state index contributed by atoms with van der Waals surface area (Å²) in [6.07, 6.45) is 5.72. The van der Waals surface area contributed by atoms with Gasteiger partial charge in [-0.05, 0) is 42.8 Å². The van der Waals surface area contributed by atoms with Gasteiger partial charge in [0, 0.05) is 43.7 Å². The Bertz CT molecular complexity index is 1420. The Kier molecular flexibility index (Phi) is 6.23. The van der Waals surface area contributed by atoms with Gasteiger partial charge in [0.15, 0.2) is 0 Å². The number of amides is 2. The van der Waals surface area contributed by atoms with Crippen LogP contribution >= 0.6 is 0 Å². The number of aromatic nitrogens is 4. The molecule has 0 radical (unpaired) electrons. The summed E-state index contributed by atoms with van der Waals surface area (Å²) >= 11 is 0. The second kappa shape index (κ2) is 9.98. The van der Waals surface area contributed by atoms with Crippen LogP contribution < -0.4 is 10.2 Å². The van der Waals surface area contributed by atoms with E-state index >= 15 is 0 Å². The molecule has 2 amide bonds. The van der Waals surface area contributed by atoms with Gasteiger partial charge in [-0.1, -0.05) is 12.1 Å². The third kappa shape index (κ3) is 4.75. The molecule has 0 unspecified atom stereocenters. The zero-order valence-electron chi connectivity index (χ0n) is 20.3. The lowest BCUT2D eigenvalue weighted by atomic mass is 10.1. The maximum Gasteiger partial charge on any atom is 0.253 e. The molecule has 188 valence electrons. The van der Waals surface area contributed by atoms with E-state index in [2.05, 4.69) is 25.3 Å². The van der Waals surface area contributed by atoms with Crippen LogP contribution in [-0.4, -0.2) is 75.9 Å². The Hall–Kier alpha value is -4.31. The number of hydrogen-bond acceptors (Lipinski definition) is 7. The highest BCUT2D eigenvalue weighted by Gasteiger charge is 2.25. The average Bonchev–Trinajstić information content (AvgIpc) is 3.66. The number of fused-ring (bicyclic) bond motifs is 1. The lowest BCUT2D eigenvalue weighted by Gasteiger charge is -2.35. The molecular formula is C27H27N7O3. The van der Waals surface area contributed by atoms with Crippen molar-refractivity contribution in [3.8, 4) is 5.69 Å². The van der Waals surface area contributed by atoms with Crippen molar-refractivity contribution in [3.63, 3.8) is 0 Å². The van der Waals surface area contributed by atoms with Crippen molar-refractivity contribution >= 4 is 34.2 Å². The second-order valence-electron chi connectivity index (χ2n) is 9.26. The predicted molar refractivity (Wildman–Crippen MR) is 139 cm³/mol. The van der Waals surface area contributed by atoms with Gasteiger partial charge < -0.3 is 19.9 Å². The molecule has 4 heterocycles. The Morgan fingerprint density at radius 3 is 2.57 bits per heavy atom. The lowest BCUT2D eigenvalue weighted by Crippen LogP contribution is -2.49. The number of carbonyl (C=O) groups is 2. The molecule has 4 aromatic rings. The molecule has 1 atom stereocenters. The molecule has 37 heavy (non-hydrogen) atoms. The molecule has 2 aliphatic rings. The SMILES string of the molecule is O=C(Nc1cnn(-c2ccc(C(=O)N3CCN(c4ncnc5ccccc45)CC3)cc2)c1)[C@H]1CCOC1. The topological polar surface area (TPSA) is 105 Å². The van der Waals surface area contributed by atoms with E-state index in [1.54, 1.807) is 23.4 Å². The van der Waals surface area contributed by atoms with Crippen LogP contribution in [0.4, 0.5) is 11.5 Å². The van der Waals surface area contributed by atoms with Gasteiger partial charge in [-0.25, -0.2) is 14.6 Å². The van der Waals surface area contributed by atoms with E-state index in [9.17, 15) is 9.59 Å². The fourth-order valence-corrected chi connectivity index (χ4v) is 4.82. The molecule has 6 rings (SSSR count). The summed E-state index contributed by atoms with van der Waals surface area (Å²) in [7, 11) is 0. The molecule has 0 aliphatic carbocycles. The van der Waals surface area contributed by atoms with Gasteiger partial charge in [0.05, 0.1) is 41.8 Å². The summed E-state index contributed by atoms with van der Waals surface area (Å²) in [5.74, 6) is 0.751. The lowest BCUT2D eigenvalue weighted by molar-refractivity contribution is -0.119. The standard InChI is InChI=1S/C27H27N7O3/c35-26(20-9-14-37-17-20)31-21-15-30-34(16-21)22-7-5-19(6-8-22)27(36)33-12-10-32(11-13-33)25-23-3-1-2-4-24(23)28-18-29-25/h1-8,15-16,18,20H,9-14,17H2,(H,31,35)/t20-/m0/s1. The highest BCUT2D eigenvalue weighted by Crippen LogP contribution is 2.24. The van der Waals surface area contributed by atoms with Gasteiger partial charge in [-0.2, -0.15) is 5.10 Å². The quantitative estimate of drug-likeness (QED) is 0.452. The number of nitrogens with one attached hydrogen (secondary N) is 1. The summed E-state index contributed by atoms with van der Waals surface area (Å²) in [6.45, 7) is 3.73. The first kappa shape index (κ1) is 23.1. The molecular weight excluding hydrogens is 470 g/mol. The number of carbonyl (C=O) groups excluding carboxylic acids is 2. The van der Waals surface area contributed by atoms with Gasteiger partial charge in [0.2, 0.25) is 5.91 Å². The highest BCUT2D eigenvalue weighted by atomic mass is 16.5. The number of piperazine rings is 1. The van der Waals surface area contributed by atoms with E-state index in [0.29, 0.717) is 50.6 Å². The van der Waals surface area contributed by atoms with Crippen LogP contribution in [0.25, 0.3) is 16.6 Å². The number of rotatable bonds is 5. The minimum absolute atomic E-state index is 0.00551. The molecule has 1 N–H and O–H groups in total. The number of ether oxygens (including phenoxy) is 1. The van der Waals surface area contributed by atoms with Crippen molar-refractivity contribution < 1.29 is 14.3 Å². The van der Waals surface area contributed by atoms with Gasteiger partial charge in [-0.15, -0.1) is 0 Å². The van der Waals surface area contributed by atoms with Crippen molar-refractivity contribution in [1.82, 2.24) is 24.6 Å². The maximum atomic E-state index is 13.2. The van der Waals surface area contributed by atoms with E-state index < -0.39 is 0 Å². The molecule has 2 aromatic carbocycles. The first-order valence-electron chi connectivity index (χ1n) is 12.4. The molecule has 0 saturated carbocycles. The van der Waals surface area contributed by atoms with Crippen molar-refractivity contribution in [2.75, 3.05) is 49.6 Å². The average molecular weight is 498 g/mol. The first-order chi connectivity index (χ1) is 18.2. The molecule has 10 nitrogen and oxygen atoms in total. The van der Waals surface area contributed by atoms with E-state index in [0.717, 1.165) is 28.8 Å². The summed E-state index contributed by atoms with van der Waals surface area (Å²) in [6, 6.07) is 15.3. The van der Waals surface area contributed by atoms with Crippen LogP contribution in [0.2, 0.25) is 0 Å². The smallest absolute Gasteiger partial charge is 0.253 e. The molecule has 2 aromatic heterocycles. The van der Waals surface area contributed by atoms with E-state index in [4.69, 9.17) is 4.74 Å². The van der Waals surface area contributed by atoms with Crippen molar-refractivity contribution in [2.24, 2.45) is 5.92 Å². The molecule has 2 fully saturated rings. The van der Waals surface area contributed by atoms with Crippen LogP contribution in [0.5, 0.6) is 0 Å². The fraction of sp³-hybridized carbons (Fsp3) is 0.296. The predicted octanol–water partition coefficient (Wildman–Crippen LogP) is 2.75. The van der Waals surface area contributed by atoms with Crippen LogP contribution in [0.1, 0.15) is 16.8 Å².